The molecule has 3 rings (SSSR count). The summed E-state index contributed by atoms with van der Waals surface area (Å²) in [6.45, 7) is 5.64. The van der Waals surface area contributed by atoms with Gasteiger partial charge >= 0.3 is 19.7 Å². The van der Waals surface area contributed by atoms with Gasteiger partial charge in [0.05, 0.1) is 19.1 Å². The summed E-state index contributed by atoms with van der Waals surface area (Å²) < 4.78 is 46.0. The minimum Gasteiger partial charge on any atom is -0.460 e. The zero-order valence-corrected chi connectivity index (χ0v) is 22.3. The van der Waals surface area contributed by atoms with E-state index in [9.17, 15) is 23.7 Å². The molecule has 0 saturated carbocycles. The van der Waals surface area contributed by atoms with E-state index in [4.69, 9.17) is 28.0 Å². The van der Waals surface area contributed by atoms with Gasteiger partial charge in [0, 0.05) is 6.20 Å². The molecule has 13 nitrogen and oxygen atoms in total. The first-order valence-corrected chi connectivity index (χ1v) is 13.5. The Balaban J connectivity index is 1.62. The topological polar surface area (TPSA) is 156 Å². The maximum Gasteiger partial charge on any atom is 0.459 e. The largest absolute Gasteiger partial charge is 0.460 e. The normalized spacial score (nSPS) is 22.6. The molecule has 2 aliphatic rings. The zero-order chi connectivity index (χ0) is 27.9. The number of carbonyl (C=O) groups is 4. The van der Waals surface area contributed by atoms with Crippen LogP contribution in [-0.4, -0.2) is 72.5 Å². The number of nitrogens with one attached hydrogen (secondary N) is 1. The molecule has 2 heterocycles. The molecule has 1 fully saturated rings. The fourth-order valence-corrected chi connectivity index (χ4v) is 4.77. The summed E-state index contributed by atoms with van der Waals surface area (Å²) in [6, 6.07) is 6.90. The number of rotatable bonds is 12. The molecule has 1 amide bonds. The van der Waals surface area contributed by atoms with Crippen LogP contribution in [0.15, 0.2) is 42.6 Å². The zero-order valence-electron chi connectivity index (χ0n) is 21.4. The second kappa shape index (κ2) is 13.1. The summed E-state index contributed by atoms with van der Waals surface area (Å²) in [5.74, 6) is -2.17. The molecule has 0 aliphatic carbocycles. The minimum absolute atomic E-state index is 0.0112. The fraction of sp³-hybridized carbons (Fsp3) is 0.500. The number of esters is 2. The number of benzene rings is 1. The van der Waals surface area contributed by atoms with Crippen LogP contribution in [0.25, 0.3) is 0 Å². The minimum atomic E-state index is -4.23. The molecule has 0 radical (unpaired) electrons. The van der Waals surface area contributed by atoms with E-state index in [1.165, 1.54) is 31.0 Å². The molecule has 1 aromatic carbocycles. The van der Waals surface area contributed by atoms with E-state index in [0.717, 1.165) is 0 Å². The highest BCUT2D eigenvalue weighted by molar-refractivity contribution is 7.52. The van der Waals surface area contributed by atoms with Crippen LogP contribution in [0.5, 0.6) is 5.75 Å². The van der Waals surface area contributed by atoms with Crippen LogP contribution in [0, 0.1) is 0 Å². The maximum absolute atomic E-state index is 13.6. The summed E-state index contributed by atoms with van der Waals surface area (Å²) in [4.78, 5) is 49.3. The van der Waals surface area contributed by atoms with E-state index in [1.54, 1.807) is 44.2 Å². The molecule has 2 aliphatic heterocycles. The van der Waals surface area contributed by atoms with Crippen molar-refractivity contribution in [3.63, 3.8) is 0 Å². The Morgan fingerprint density at radius 3 is 2.47 bits per heavy atom. The predicted octanol–water partition coefficient (Wildman–Crippen LogP) is 2.07. The van der Waals surface area contributed by atoms with E-state index in [-0.39, 0.29) is 24.6 Å². The molecule has 1 saturated heterocycles. The smallest absolute Gasteiger partial charge is 0.459 e. The van der Waals surface area contributed by atoms with Gasteiger partial charge in [-0.25, -0.2) is 9.36 Å². The third-order valence-electron chi connectivity index (χ3n) is 5.11. The lowest BCUT2D eigenvalue weighted by Crippen LogP contribution is -2.41. The average Bonchev–Trinajstić information content (AvgIpc) is 3.31. The van der Waals surface area contributed by atoms with Crippen LogP contribution < -0.4 is 9.61 Å². The van der Waals surface area contributed by atoms with Gasteiger partial charge in [0.25, 0.3) is 0 Å². The molecule has 0 bridgehead atoms. The first-order valence-electron chi connectivity index (χ1n) is 11.9. The highest BCUT2D eigenvalue weighted by atomic mass is 31.2. The molecular weight excluding hydrogens is 523 g/mol. The molecule has 0 unspecified atom stereocenters. The van der Waals surface area contributed by atoms with Crippen LogP contribution in [0.1, 0.15) is 34.1 Å². The number of para-hydroxylation sites is 1. The average molecular weight is 554 g/mol. The lowest BCUT2D eigenvalue weighted by molar-refractivity contribution is -0.169. The predicted molar refractivity (Wildman–Crippen MR) is 130 cm³/mol. The first kappa shape index (κ1) is 29.5. The number of hydrogen-bond donors (Lipinski definition) is 1. The van der Waals surface area contributed by atoms with Gasteiger partial charge in [0.15, 0.2) is 24.4 Å². The summed E-state index contributed by atoms with van der Waals surface area (Å²) in [7, 11) is -4.23. The Morgan fingerprint density at radius 2 is 1.82 bits per heavy atom. The molecule has 0 spiro atoms. The Bertz CT molecular complexity index is 1090. The molecule has 38 heavy (non-hydrogen) atoms. The number of nitrogens with zero attached hydrogens (tertiary/aromatic N) is 1. The highest BCUT2D eigenvalue weighted by Gasteiger charge is 2.38. The van der Waals surface area contributed by atoms with Gasteiger partial charge in [-0.15, -0.1) is 0 Å². The van der Waals surface area contributed by atoms with Gasteiger partial charge < -0.3 is 23.5 Å². The van der Waals surface area contributed by atoms with Crippen molar-refractivity contribution in [3.05, 3.63) is 42.6 Å². The van der Waals surface area contributed by atoms with Crippen molar-refractivity contribution in [1.82, 2.24) is 9.99 Å². The van der Waals surface area contributed by atoms with Crippen LogP contribution in [0.4, 0.5) is 0 Å². The van der Waals surface area contributed by atoms with Gasteiger partial charge in [0.2, 0.25) is 5.91 Å². The standard InChI is InChI=1S/C24H31N2O11P/c1-15(2)34-24(30)17(4)35-23(29)16(3)25-38(31,37-19-8-6-5-7-9-19)33-14-22-32-13-21(36-22)26-11-10-18(27)12-20(26)28/h5-11,15-17,21-22H,12-14H2,1-4H3,(H,25,31)/t16-,17-,21+,22+,38-/m0/s1. The number of ether oxygens (including phenoxy) is 4. The quantitative estimate of drug-likeness (QED) is 0.228. The third kappa shape index (κ3) is 8.47. The summed E-state index contributed by atoms with van der Waals surface area (Å²) in [5.41, 5.74) is 0. The molecule has 208 valence electrons. The number of carbonyl (C=O) groups excluding carboxylic acids is 4. The summed E-state index contributed by atoms with van der Waals surface area (Å²) in [6.07, 6.45) is -1.10. The molecule has 1 N–H and O–H groups in total. The van der Waals surface area contributed by atoms with E-state index < -0.39 is 63.0 Å². The van der Waals surface area contributed by atoms with Crippen molar-refractivity contribution in [2.45, 2.75) is 64.9 Å². The summed E-state index contributed by atoms with van der Waals surface area (Å²) in [5, 5.41) is 2.50. The van der Waals surface area contributed by atoms with Gasteiger partial charge in [0.1, 0.15) is 18.4 Å². The van der Waals surface area contributed by atoms with Crippen LogP contribution in [-0.2, 0) is 47.2 Å². The van der Waals surface area contributed by atoms with Crippen molar-refractivity contribution < 1.29 is 51.7 Å². The third-order valence-corrected chi connectivity index (χ3v) is 6.75. The Kier molecular flexibility index (Phi) is 10.2. The van der Waals surface area contributed by atoms with Gasteiger partial charge in [-0.2, -0.15) is 5.09 Å². The molecule has 1 aromatic rings. The monoisotopic (exact) mass is 554 g/mol. The van der Waals surface area contributed by atoms with E-state index in [1.807, 2.05) is 0 Å². The molecular formula is C24H31N2O11P. The fourth-order valence-electron chi connectivity index (χ4n) is 3.29. The first-order chi connectivity index (χ1) is 18.0. The molecule has 0 aromatic heterocycles. The van der Waals surface area contributed by atoms with Gasteiger partial charge in [-0.05, 0) is 45.9 Å². The van der Waals surface area contributed by atoms with E-state index in [0.29, 0.717) is 0 Å². The van der Waals surface area contributed by atoms with Gasteiger partial charge in [-0.3, -0.25) is 23.8 Å². The van der Waals surface area contributed by atoms with Crippen LogP contribution in [0.3, 0.4) is 0 Å². The van der Waals surface area contributed by atoms with Crippen molar-refractivity contribution in [2.75, 3.05) is 13.2 Å². The van der Waals surface area contributed by atoms with Crippen molar-refractivity contribution in [1.29, 1.82) is 0 Å². The summed E-state index contributed by atoms with van der Waals surface area (Å²) >= 11 is 0. The lowest BCUT2D eigenvalue weighted by atomic mass is 10.2. The van der Waals surface area contributed by atoms with Crippen molar-refractivity contribution in [3.8, 4) is 5.75 Å². The number of hydrogen-bond acceptors (Lipinski definition) is 11. The van der Waals surface area contributed by atoms with Crippen molar-refractivity contribution >= 4 is 31.4 Å². The van der Waals surface area contributed by atoms with E-state index >= 15 is 0 Å². The van der Waals surface area contributed by atoms with Crippen LogP contribution in [0.2, 0.25) is 0 Å². The molecule has 14 heteroatoms. The van der Waals surface area contributed by atoms with Crippen molar-refractivity contribution in [2.24, 2.45) is 0 Å². The van der Waals surface area contributed by atoms with Gasteiger partial charge in [-0.1, -0.05) is 18.2 Å². The number of ketones is 1. The lowest BCUT2D eigenvalue weighted by Gasteiger charge is -2.26. The molecule has 5 atom stereocenters. The number of allylic oxidation sites excluding steroid dienone is 1. The Labute approximate surface area is 219 Å². The van der Waals surface area contributed by atoms with E-state index in [2.05, 4.69) is 5.09 Å². The maximum atomic E-state index is 13.6. The second-order valence-corrected chi connectivity index (χ2v) is 10.4. The number of amides is 1. The highest BCUT2D eigenvalue weighted by Crippen LogP contribution is 2.45. The Morgan fingerprint density at radius 1 is 1.11 bits per heavy atom. The van der Waals surface area contributed by atoms with Crippen LogP contribution >= 0.6 is 7.75 Å². The second-order valence-electron chi connectivity index (χ2n) is 8.73. The SMILES string of the molecule is CC(C)OC(=O)[C@H](C)OC(=O)[C@H](C)N[P@](=O)(OC[C@@H]1OC[C@H](N2C=CC(=O)CC2=O)O1)Oc1ccccc1. The Hall–Kier alpha value is -3.09.